The number of hydrogen-bond acceptors (Lipinski definition) is 0. The van der Waals surface area contributed by atoms with E-state index in [0.717, 1.165) is 11.4 Å². The fraction of sp³-hybridized carbons (Fsp3) is 0.0400. The molecule has 0 aliphatic rings. The van der Waals surface area contributed by atoms with Crippen molar-refractivity contribution in [2.24, 2.45) is 14.1 Å². The summed E-state index contributed by atoms with van der Waals surface area (Å²) in [5.74, 6) is 0. The van der Waals surface area contributed by atoms with Gasteiger partial charge in [0, 0.05) is 79.6 Å². The molecule has 0 N–H and O–H groups in total. The maximum Gasteiger partial charge on any atom is 0.0590 e. The lowest BCUT2D eigenvalue weighted by molar-refractivity contribution is 1.01. The topological polar surface area (TPSA) is 19.7 Å². The first-order chi connectivity index (χ1) is 26.6. The van der Waals surface area contributed by atoms with Gasteiger partial charge in [-0.25, -0.2) is 0 Å². The van der Waals surface area contributed by atoms with Crippen molar-refractivity contribution in [2.75, 3.05) is 0 Å². The van der Waals surface area contributed by atoms with Gasteiger partial charge in [-0.2, -0.15) is 0 Å². The number of para-hydroxylation sites is 4. The Hall–Kier alpha value is -7.04. The van der Waals surface area contributed by atoms with Gasteiger partial charge in [-0.15, -0.1) is 0 Å². The lowest BCUT2D eigenvalue weighted by Crippen LogP contribution is -1.96. The van der Waals surface area contributed by atoms with E-state index in [4.69, 9.17) is 0 Å². The van der Waals surface area contributed by atoms with Gasteiger partial charge in [-0.1, -0.05) is 103 Å². The highest BCUT2D eigenvalue weighted by atomic mass is 15.0. The summed E-state index contributed by atoms with van der Waals surface area (Å²) in [6.45, 7) is 0. The van der Waals surface area contributed by atoms with E-state index in [0.29, 0.717) is 0 Å². The van der Waals surface area contributed by atoms with E-state index >= 15 is 0 Å². The van der Waals surface area contributed by atoms with E-state index in [1.54, 1.807) is 0 Å². The summed E-state index contributed by atoms with van der Waals surface area (Å²) < 4.78 is 9.55. The van der Waals surface area contributed by atoms with Crippen LogP contribution in [0.1, 0.15) is 0 Å². The molecular formula is C50H34N4. The fourth-order valence-electron chi connectivity index (χ4n) is 9.53. The highest BCUT2D eigenvalue weighted by Crippen LogP contribution is 2.41. The Balaban J connectivity index is 1.01. The number of fused-ring (bicyclic) bond motifs is 13. The lowest BCUT2D eigenvalue weighted by atomic mass is 10.0. The van der Waals surface area contributed by atoms with Gasteiger partial charge in [0.25, 0.3) is 0 Å². The first kappa shape index (κ1) is 29.5. The Morgan fingerprint density at radius 2 is 0.870 bits per heavy atom. The molecule has 0 aliphatic carbocycles. The van der Waals surface area contributed by atoms with Crippen LogP contribution in [0.2, 0.25) is 0 Å². The Bertz CT molecular complexity index is 3510. The Labute approximate surface area is 310 Å². The molecule has 0 unspecified atom stereocenters. The molecule has 0 amide bonds. The molecule has 4 heteroatoms. The Morgan fingerprint density at radius 3 is 1.61 bits per heavy atom. The smallest absolute Gasteiger partial charge is 0.0590 e. The molecule has 254 valence electrons. The van der Waals surface area contributed by atoms with Gasteiger partial charge in [0.2, 0.25) is 0 Å². The molecule has 0 radical (unpaired) electrons. The third kappa shape index (κ3) is 3.86. The van der Waals surface area contributed by atoms with E-state index in [1.165, 1.54) is 98.4 Å². The zero-order valence-corrected chi connectivity index (χ0v) is 30.0. The van der Waals surface area contributed by atoms with Crippen LogP contribution >= 0.6 is 0 Å². The standard InChI is InChI=1S/C50H34N4/c1-51-42-18-7-4-15-36(42)40-29-41-37-16-5-9-20-44(37)53(48(41)30-47(40)51)33-24-22-31(23-25-33)32-12-11-13-34(28-32)54-45-21-10-6-17-39(45)49-46(54)27-26-38-35-14-3-8-19-43(35)52(2)50(38)49/h3-30H,1-2H3. The SMILES string of the molecule is Cn1c2ccccc2c2cc3c4ccccc4n(-c4ccc(-c5cccc(-n6c7ccccc7c7c8c(ccc76)c6ccccc6n8C)c5)cc4)c3cc21. The van der Waals surface area contributed by atoms with Crippen molar-refractivity contribution in [1.82, 2.24) is 18.3 Å². The first-order valence-electron chi connectivity index (χ1n) is 18.6. The second-order valence-electron chi connectivity index (χ2n) is 14.7. The molecule has 0 bridgehead atoms. The summed E-state index contributed by atoms with van der Waals surface area (Å²) in [5.41, 5.74) is 14.6. The molecule has 8 aromatic carbocycles. The van der Waals surface area contributed by atoms with Crippen molar-refractivity contribution in [3.8, 4) is 22.5 Å². The Morgan fingerprint density at radius 1 is 0.296 bits per heavy atom. The molecule has 0 spiro atoms. The van der Waals surface area contributed by atoms with Crippen LogP contribution < -0.4 is 0 Å². The van der Waals surface area contributed by atoms with Gasteiger partial charge in [-0.3, -0.25) is 0 Å². The second kappa shape index (κ2) is 10.8. The molecule has 0 fully saturated rings. The monoisotopic (exact) mass is 690 g/mol. The highest BCUT2D eigenvalue weighted by molar-refractivity contribution is 6.25. The largest absolute Gasteiger partial charge is 0.344 e. The predicted octanol–water partition coefficient (Wildman–Crippen LogP) is 12.8. The minimum atomic E-state index is 1.15. The Kier molecular flexibility index (Phi) is 5.88. The van der Waals surface area contributed by atoms with E-state index < -0.39 is 0 Å². The lowest BCUT2D eigenvalue weighted by Gasteiger charge is -2.12. The van der Waals surface area contributed by atoms with Gasteiger partial charge in [0.1, 0.15) is 0 Å². The molecule has 54 heavy (non-hydrogen) atoms. The van der Waals surface area contributed by atoms with Crippen molar-refractivity contribution in [2.45, 2.75) is 0 Å². The van der Waals surface area contributed by atoms with Crippen LogP contribution in [0.3, 0.4) is 0 Å². The third-order valence-electron chi connectivity index (χ3n) is 12.0. The molecule has 4 heterocycles. The summed E-state index contributed by atoms with van der Waals surface area (Å²) in [6, 6.07) is 62.5. The van der Waals surface area contributed by atoms with E-state index in [1.807, 2.05) is 0 Å². The van der Waals surface area contributed by atoms with Crippen molar-refractivity contribution in [3.05, 3.63) is 170 Å². The average Bonchev–Trinajstić information content (AvgIpc) is 3.92. The minimum Gasteiger partial charge on any atom is -0.344 e. The molecule has 12 rings (SSSR count). The molecule has 0 saturated carbocycles. The van der Waals surface area contributed by atoms with E-state index in [9.17, 15) is 0 Å². The molecule has 12 aromatic rings. The van der Waals surface area contributed by atoms with Gasteiger partial charge in [0.05, 0.1) is 33.1 Å². The quantitative estimate of drug-likeness (QED) is 0.176. The number of rotatable bonds is 3. The van der Waals surface area contributed by atoms with E-state index in [2.05, 4.69) is 202 Å². The van der Waals surface area contributed by atoms with Crippen LogP contribution in [0.15, 0.2) is 170 Å². The summed E-state index contributed by atoms with van der Waals surface area (Å²) in [7, 11) is 4.37. The van der Waals surface area contributed by atoms with E-state index in [-0.39, 0.29) is 0 Å². The van der Waals surface area contributed by atoms with Crippen LogP contribution in [0, 0.1) is 0 Å². The van der Waals surface area contributed by atoms with Crippen LogP contribution in [0.25, 0.3) is 110 Å². The normalized spacial score (nSPS) is 12.3. The fourth-order valence-corrected chi connectivity index (χ4v) is 9.53. The molecule has 0 atom stereocenters. The number of aryl methyl sites for hydroxylation is 2. The number of benzene rings is 8. The van der Waals surface area contributed by atoms with Crippen LogP contribution in [-0.4, -0.2) is 18.3 Å². The van der Waals surface area contributed by atoms with Crippen molar-refractivity contribution < 1.29 is 0 Å². The maximum atomic E-state index is 2.44. The summed E-state index contributed by atoms with van der Waals surface area (Å²) in [5, 5.41) is 10.3. The second-order valence-corrected chi connectivity index (χ2v) is 14.7. The van der Waals surface area contributed by atoms with Gasteiger partial charge < -0.3 is 18.3 Å². The van der Waals surface area contributed by atoms with Gasteiger partial charge in [0.15, 0.2) is 0 Å². The van der Waals surface area contributed by atoms with Crippen molar-refractivity contribution in [1.29, 1.82) is 0 Å². The van der Waals surface area contributed by atoms with Crippen LogP contribution in [-0.2, 0) is 14.1 Å². The minimum absolute atomic E-state index is 1.15. The predicted molar refractivity (Wildman–Crippen MR) is 229 cm³/mol. The maximum absolute atomic E-state index is 2.44. The van der Waals surface area contributed by atoms with Gasteiger partial charge in [-0.05, 0) is 77.9 Å². The summed E-state index contributed by atoms with van der Waals surface area (Å²) in [4.78, 5) is 0. The van der Waals surface area contributed by atoms with Crippen LogP contribution in [0.5, 0.6) is 0 Å². The van der Waals surface area contributed by atoms with Crippen LogP contribution in [0.4, 0.5) is 0 Å². The molecule has 4 nitrogen and oxygen atoms in total. The third-order valence-corrected chi connectivity index (χ3v) is 12.0. The molecular weight excluding hydrogens is 657 g/mol. The van der Waals surface area contributed by atoms with Crippen molar-refractivity contribution >= 4 is 87.2 Å². The van der Waals surface area contributed by atoms with Crippen molar-refractivity contribution in [3.63, 3.8) is 0 Å². The molecule has 0 saturated heterocycles. The zero-order valence-electron chi connectivity index (χ0n) is 30.0. The average molecular weight is 691 g/mol. The number of aromatic nitrogens is 4. The van der Waals surface area contributed by atoms with Gasteiger partial charge >= 0.3 is 0 Å². The molecule has 0 aliphatic heterocycles. The zero-order chi connectivity index (χ0) is 35.7. The number of nitrogens with zero attached hydrogens (tertiary/aromatic N) is 4. The first-order valence-corrected chi connectivity index (χ1v) is 18.6. The summed E-state index contributed by atoms with van der Waals surface area (Å²) in [6.07, 6.45) is 0. The summed E-state index contributed by atoms with van der Waals surface area (Å²) >= 11 is 0. The highest BCUT2D eigenvalue weighted by Gasteiger charge is 2.20. The number of hydrogen-bond donors (Lipinski definition) is 0. The molecule has 4 aromatic heterocycles.